The van der Waals surface area contributed by atoms with Crippen LogP contribution in [0.25, 0.3) is 11.0 Å². The van der Waals surface area contributed by atoms with Crippen LogP contribution in [0.5, 0.6) is 17.2 Å². The summed E-state index contributed by atoms with van der Waals surface area (Å²) in [6.45, 7) is 12.9. The normalized spacial score (nSPS) is 11.9. The summed E-state index contributed by atoms with van der Waals surface area (Å²) >= 11 is 0. The highest BCUT2D eigenvalue weighted by atomic mass is 16.5. The smallest absolute Gasteiger partial charge is 0.383 e. The van der Waals surface area contributed by atoms with E-state index in [0.717, 1.165) is 19.3 Å². The molecular weight excluding hydrogens is 416 g/mol. The first-order chi connectivity index (χ1) is 15.8. The Labute approximate surface area is 197 Å². The molecule has 180 valence electrons. The van der Waals surface area contributed by atoms with E-state index >= 15 is 0 Å². The van der Waals surface area contributed by atoms with Crippen molar-refractivity contribution in [2.24, 2.45) is 0 Å². The second-order valence-electron chi connectivity index (χ2n) is 8.55. The Bertz CT molecular complexity index is 1040. The summed E-state index contributed by atoms with van der Waals surface area (Å²) in [5.41, 5.74) is 2.35. The van der Waals surface area contributed by atoms with Crippen LogP contribution in [0.2, 0.25) is 0 Å². The Morgan fingerprint density at radius 3 is 2.52 bits per heavy atom. The van der Waals surface area contributed by atoms with Crippen LogP contribution < -0.4 is 19.8 Å². The van der Waals surface area contributed by atoms with Crippen molar-refractivity contribution in [1.82, 2.24) is 0 Å². The third kappa shape index (κ3) is 8.49. The van der Waals surface area contributed by atoms with Crippen molar-refractivity contribution in [2.45, 2.75) is 73.3 Å². The number of rotatable bonds is 13. The highest BCUT2D eigenvalue weighted by Gasteiger charge is 2.20. The number of fused-ring (bicyclic) bond motifs is 1. The van der Waals surface area contributed by atoms with Gasteiger partial charge in [-0.3, -0.25) is 0 Å². The van der Waals surface area contributed by atoms with Crippen molar-refractivity contribution in [3.8, 4) is 17.2 Å². The van der Waals surface area contributed by atoms with Crippen LogP contribution in [0.1, 0.15) is 67.2 Å². The maximum absolute atomic E-state index is 12.8. The lowest BCUT2D eigenvalue weighted by atomic mass is 10.1. The molecule has 5 nitrogen and oxygen atoms in total. The molecule has 0 fully saturated rings. The van der Waals surface area contributed by atoms with E-state index in [-0.39, 0.29) is 11.9 Å². The lowest BCUT2D eigenvalue weighted by Gasteiger charge is -2.15. The zero-order valence-corrected chi connectivity index (χ0v) is 20.9. The second-order valence-corrected chi connectivity index (χ2v) is 8.55. The molecule has 0 aliphatic heterocycles. The molecule has 2 aromatic rings. The highest BCUT2D eigenvalue weighted by Crippen LogP contribution is 2.37. The van der Waals surface area contributed by atoms with Crippen LogP contribution >= 0.6 is 0 Å². The summed E-state index contributed by atoms with van der Waals surface area (Å²) in [4.78, 5) is 12.8. The number of para-hydroxylation sites is 1. The molecule has 0 radical (unpaired) electrons. The molecule has 33 heavy (non-hydrogen) atoms. The van der Waals surface area contributed by atoms with Gasteiger partial charge in [-0.05, 0) is 78.5 Å². The molecule has 0 atom stereocenters. The molecule has 0 saturated carbocycles. The zero-order valence-electron chi connectivity index (χ0n) is 20.9. The first kappa shape index (κ1) is 26.3. The standard InChI is InChI=1S/C28H38O5/c1-7-8-9-10-18-30-27-26(31-19-17-22(6)14-11-13-20(2)3)23-15-12-16-24(32-21(4)5)25(23)33-28(27)29/h8-9,12-13,15-17,21H,7,10-11,14,18-19H2,1-6H3. The van der Waals surface area contributed by atoms with Crippen LogP contribution in [0.15, 0.2) is 62.9 Å². The SMILES string of the molecule is CCC=CCCOc1c(OCC=C(C)CCC=C(C)C)c2cccc(OC(C)C)c2oc1=O. The lowest BCUT2D eigenvalue weighted by molar-refractivity contribution is 0.239. The van der Waals surface area contributed by atoms with Crippen LogP contribution in [0.3, 0.4) is 0 Å². The first-order valence-corrected chi connectivity index (χ1v) is 11.8. The number of hydrogen-bond donors (Lipinski definition) is 0. The minimum absolute atomic E-state index is 0.0575. The molecule has 1 heterocycles. The van der Waals surface area contributed by atoms with Crippen molar-refractivity contribution in [3.63, 3.8) is 0 Å². The van der Waals surface area contributed by atoms with Crippen molar-refractivity contribution >= 4 is 11.0 Å². The maximum atomic E-state index is 12.8. The maximum Gasteiger partial charge on any atom is 0.383 e. The molecule has 0 saturated heterocycles. The third-order valence-electron chi connectivity index (χ3n) is 4.86. The molecule has 0 bridgehead atoms. The molecule has 2 rings (SSSR count). The molecular formula is C28H38O5. The van der Waals surface area contributed by atoms with Gasteiger partial charge in [0.2, 0.25) is 5.75 Å². The zero-order chi connectivity index (χ0) is 24.2. The van der Waals surface area contributed by atoms with Gasteiger partial charge in [0, 0.05) is 0 Å². The van der Waals surface area contributed by atoms with E-state index in [0.29, 0.717) is 42.1 Å². The van der Waals surface area contributed by atoms with Gasteiger partial charge in [-0.2, -0.15) is 0 Å². The molecule has 0 N–H and O–H groups in total. The third-order valence-corrected chi connectivity index (χ3v) is 4.86. The van der Waals surface area contributed by atoms with Crippen molar-refractivity contribution in [2.75, 3.05) is 13.2 Å². The van der Waals surface area contributed by atoms with Gasteiger partial charge < -0.3 is 18.6 Å². The van der Waals surface area contributed by atoms with Gasteiger partial charge in [0.25, 0.3) is 0 Å². The van der Waals surface area contributed by atoms with E-state index in [1.165, 1.54) is 11.1 Å². The fraction of sp³-hybridized carbons (Fsp3) is 0.464. The summed E-state index contributed by atoms with van der Waals surface area (Å²) in [6.07, 6.45) is 11.9. The molecule has 5 heteroatoms. The van der Waals surface area contributed by atoms with Crippen molar-refractivity contribution in [1.29, 1.82) is 0 Å². The number of allylic oxidation sites excluding steroid dienone is 4. The van der Waals surface area contributed by atoms with E-state index in [9.17, 15) is 4.79 Å². The average Bonchev–Trinajstić information content (AvgIpc) is 2.75. The molecule has 0 aliphatic carbocycles. The number of hydrogen-bond acceptors (Lipinski definition) is 5. The molecule has 0 amide bonds. The monoisotopic (exact) mass is 454 g/mol. The topological polar surface area (TPSA) is 57.9 Å². The summed E-state index contributed by atoms with van der Waals surface area (Å²) in [5.74, 6) is 1.00. The fourth-order valence-corrected chi connectivity index (χ4v) is 3.24. The second kappa shape index (κ2) is 13.6. The van der Waals surface area contributed by atoms with Crippen LogP contribution in [0, 0.1) is 0 Å². The number of ether oxygens (including phenoxy) is 3. The van der Waals surface area contributed by atoms with Gasteiger partial charge >= 0.3 is 5.63 Å². The molecule has 0 spiro atoms. The van der Waals surface area contributed by atoms with Crippen LogP contribution in [-0.4, -0.2) is 19.3 Å². The quantitative estimate of drug-likeness (QED) is 0.179. The first-order valence-electron chi connectivity index (χ1n) is 11.8. The summed E-state index contributed by atoms with van der Waals surface area (Å²) < 4.78 is 23.4. The van der Waals surface area contributed by atoms with Gasteiger partial charge in [0.1, 0.15) is 6.61 Å². The Kier molecular flexibility index (Phi) is 10.8. The largest absolute Gasteiger partial charge is 0.487 e. The molecule has 1 aromatic carbocycles. The van der Waals surface area contributed by atoms with Gasteiger partial charge in [0.15, 0.2) is 17.1 Å². The van der Waals surface area contributed by atoms with E-state index in [4.69, 9.17) is 18.6 Å². The minimum Gasteiger partial charge on any atom is -0.487 e. The van der Waals surface area contributed by atoms with E-state index in [1.807, 2.05) is 38.1 Å². The molecule has 0 unspecified atom stereocenters. The molecule has 1 aromatic heterocycles. The average molecular weight is 455 g/mol. The van der Waals surface area contributed by atoms with Gasteiger partial charge in [-0.15, -0.1) is 0 Å². The predicted octanol–water partition coefficient (Wildman–Crippen LogP) is 7.39. The Morgan fingerprint density at radius 1 is 1.03 bits per heavy atom. The highest BCUT2D eigenvalue weighted by molar-refractivity contribution is 5.89. The van der Waals surface area contributed by atoms with Gasteiger partial charge in [-0.1, -0.05) is 42.4 Å². The minimum atomic E-state index is -0.568. The number of benzene rings is 1. The van der Waals surface area contributed by atoms with E-state index in [1.54, 1.807) is 6.07 Å². The van der Waals surface area contributed by atoms with Crippen LogP contribution in [-0.2, 0) is 0 Å². The molecule has 0 aliphatic rings. The Hall–Kier alpha value is -2.95. The van der Waals surface area contributed by atoms with E-state index < -0.39 is 5.63 Å². The Balaban J connectivity index is 2.35. The summed E-state index contributed by atoms with van der Waals surface area (Å²) in [7, 11) is 0. The lowest BCUT2D eigenvalue weighted by Crippen LogP contribution is -2.12. The summed E-state index contributed by atoms with van der Waals surface area (Å²) in [6, 6.07) is 5.51. The van der Waals surface area contributed by atoms with Crippen molar-refractivity contribution < 1.29 is 18.6 Å². The van der Waals surface area contributed by atoms with E-state index in [2.05, 4.69) is 39.8 Å². The van der Waals surface area contributed by atoms with Gasteiger partial charge in [0.05, 0.1) is 18.1 Å². The van der Waals surface area contributed by atoms with Gasteiger partial charge in [-0.25, -0.2) is 4.79 Å². The van der Waals surface area contributed by atoms with Crippen LogP contribution in [0.4, 0.5) is 0 Å². The fourth-order valence-electron chi connectivity index (χ4n) is 3.24. The predicted molar refractivity (Wildman–Crippen MR) is 136 cm³/mol. The summed E-state index contributed by atoms with van der Waals surface area (Å²) in [5, 5.41) is 0.655. The van der Waals surface area contributed by atoms with Crippen molar-refractivity contribution in [3.05, 3.63) is 64.1 Å². The Morgan fingerprint density at radius 2 is 1.82 bits per heavy atom.